The number of anilines is 1. The number of hydrogen-bond donors (Lipinski definition) is 2. The number of carbonyl (C=O) groups is 1. The van der Waals surface area contributed by atoms with Crippen LogP contribution < -0.4 is 10.6 Å². The van der Waals surface area contributed by atoms with Gasteiger partial charge in [0.15, 0.2) is 0 Å². The molecular formula is C17H21N3O. The first-order valence-corrected chi connectivity index (χ1v) is 7.14. The zero-order valence-electron chi connectivity index (χ0n) is 12.6. The number of hydrogen-bond acceptors (Lipinski definition) is 3. The molecule has 0 saturated carbocycles. The van der Waals surface area contributed by atoms with Crippen molar-refractivity contribution in [2.24, 2.45) is 0 Å². The molecule has 1 aromatic carbocycles. The molecule has 0 aliphatic rings. The van der Waals surface area contributed by atoms with E-state index >= 15 is 0 Å². The normalized spacial score (nSPS) is 12.0. The van der Waals surface area contributed by atoms with Crippen LogP contribution in [-0.4, -0.2) is 16.9 Å². The molecule has 0 aliphatic carbocycles. The van der Waals surface area contributed by atoms with Gasteiger partial charge in [-0.2, -0.15) is 0 Å². The fraction of sp³-hybridized carbons (Fsp3) is 0.294. The zero-order chi connectivity index (χ0) is 15.2. The SMILES string of the molecule is CC(C)NC(=O)c1ccc(NC(C)c2ccccc2)cn1. The predicted octanol–water partition coefficient (Wildman–Crippen LogP) is 3.39. The highest BCUT2D eigenvalue weighted by Gasteiger charge is 2.09. The van der Waals surface area contributed by atoms with Gasteiger partial charge >= 0.3 is 0 Å². The van der Waals surface area contributed by atoms with Gasteiger partial charge in [0, 0.05) is 12.1 Å². The van der Waals surface area contributed by atoms with E-state index in [4.69, 9.17) is 0 Å². The molecule has 2 N–H and O–H groups in total. The minimum absolute atomic E-state index is 0.107. The molecule has 0 radical (unpaired) electrons. The molecule has 4 heteroatoms. The van der Waals surface area contributed by atoms with E-state index in [2.05, 4.69) is 34.7 Å². The molecule has 4 nitrogen and oxygen atoms in total. The highest BCUT2D eigenvalue weighted by atomic mass is 16.1. The van der Waals surface area contributed by atoms with Crippen LogP contribution in [0.5, 0.6) is 0 Å². The van der Waals surface area contributed by atoms with Gasteiger partial charge in [-0.3, -0.25) is 4.79 Å². The van der Waals surface area contributed by atoms with Gasteiger partial charge in [-0.05, 0) is 38.5 Å². The summed E-state index contributed by atoms with van der Waals surface area (Å²) in [6.07, 6.45) is 1.69. The van der Waals surface area contributed by atoms with Crippen molar-refractivity contribution in [1.29, 1.82) is 0 Å². The Kier molecular flexibility index (Phi) is 4.93. The quantitative estimate of drug-likeness (QED) is 0.884. The average Bonchev–Trinajstić information content (AvgIpc) is 2.48. The van der Waals surface area contributed by atoms with Gasteiger partial charge in [0.1, 0.15) is 5.69 Å². The number of nitrogens with one attached hydrogen (secondary N) is 2. The number of benzene rings is 1. The lowest BCUT2D eigenvalue weighted by atomic mass is 10.1. The van der Waals surface area contributed by atoms with Crippen LogP contribution in [0.2, 0.25) is 0 Å². The topological polar surface area (TPSA) is 54.0 Å². The summed E-state index contributed by atoms with van der Waals surface area (Å²) >= 11 is 0. The zero-order valence-corrected chi connectivity index (χ0v) is 12.6. The Morgan fingerprint density at radius 2 is 1.76 bits per heavy atom. The van der Waals surface area contributed by atoms with Gasteiger partial charge in [0.05, 0.1) is 11.9 Å². The standard InChI is InChI=1S/C17H21N3O/c1-12(2)19-17(21)16-10-9-15(11-18-16)20-13(3)14-7-5-4-6-8-14/h4-13,20H,1-3H3,(H,19,21). The Balaban J connectivity index is 2.01. The van der Waals surface area contributed by atoms with Crippen LogP contribution in [0.4, 0.5) is 5.69 Å². The van der Waals surface area contributed by atoms with Crippen molar-refractivity contribution in [2.45, 2.75) is 32.9 Å². The Morgan fingerprint density at radius 1 is 1.05 bits per heavy atom. The summed E-state index contributed by atoms with van der Waals surface area (Å²) < 4.78 is 0. The Bertz CT molecular complexity index is 579. The molecule has 1 amide bonds. The van der Waals surface area contributed by atoms with Crippen molar-refractivity contribution in [2.75, 3.05) is 5.32 Å². The van der Waals surface area contributed by atoms with E-state index in [-0.39, 0.29) is 18.0 Å². The number of nitrogens with zero attached hydrogens (tertiary/aromatic N) is 1. The summed E-state index contributed by atoms with van der Waals surface area (Å²) in [4.78, 5) is 16.0. The van der Waals surface area contributed by atoms with Crippen molar-refractivity contribution in [3.63, 3.8) is 0 Å². The molecule has 2 rings (SSSR count). The summed E-state index contributed by atoms with van der Waals surface area (Å²) in [6, 6.07) is 14.1. The third kappa shape index (κ3) is 4.31. The third-order valence-corrected chi connectivity index (χ3v) is 3.10. The van der Waals surface area contributed by atoms with E-state index < -0.39 is 0 Å². The van der Waals surface area contributed by atoms with E-state index in [1.165, 1.54) is 5.56 Å². The van der Waals surface area contributed by atoms with Crippen molar-refractivity contribution < 1.29 is 4.79 Å². The lowest BCUT2D eigenvalue weighted by Gasteiger charge is -2.15. The summed E-state index contributed by atoms with van der Waals surface area (Å²) in [5.41, 5.74) is 2.54. The lowest BCUT2D eigenvalue weighted by Crippen LogP contribution is -2.30. The number of carbonyl (C=O) groups excluding carboxylic acids is 1. The maximum atomic E-state index is 11.8. The average molecular weight is 283 g/mol. The van der Waals surface area contributed by atoms with E-state index in [1.54, 1.807) is 12.3 Å². The van der Waals surface area contributed by atoms with Gasteiger partial charge in [0.2, 0.25) is 0 Å². The second-order valence-corrected chi connectivity index (χ2v) is 5.34. The second-order valence-electron chi connectivity index (χ2n) is 5.34. The number of pyridine rings is 1. The summed E-state index contributed by atoms with van der Waals surface area (Å²) in [6.45, 7) is 5.94. The van der Waals surface area contributed by atoms with Crippen molar-refractivity contribution in [3.05, 3.63) is 59.9 Å². The molecule has 110 valence electrons. The summed E-state index contributed by atoms with van der Waals surface area (Å²) in [7, 11) is 0. The second kappa shape index (κ2) is 6.88. The van der Waals surface area contributed by atoms with Crippen LogP contribution in [0, 0.1) is 0 Å². The van der Waals surface area contributed by atoms with Crippen LogP contribution in [0.1, 0.15) is 42.9 Å². The highest BCUT2D eigenvalue weighted by molar-refractivity contribution is 5.92. The summed E-state index contributed by atoms with van der Waals surface area (Å²) in [5, 5.41) is 6.19. The largest absolute Gasteiger partial charge is 0.377 e. The number of rotatable bonds is 5. The Labute approximate surface area is 125 Å². The minimum Gasteiger partial charge on any atom is -0.377 e. The number of amides is 1. The fourth-order valence-corrected chi connectivity index (χ4v) is 2.02. The smallest absolute Gasteiger partial charge is 0.270 e. The van der Waals surface area contributed by atoms with Crippen molar-refractivity contribution in [3.8, 4) is 0 Å². The molecule has 1 heterocycles. The maximum Gasteiger partial charge on any atom is 0.270 e. The van der Waals surface area contributed by atoms with Crippen LogP contribution in [0.3, 0.4) is 0 Å². The monoisotopic (exact) mass is 283 g/mol. The van der Waals surface area contributed by atoms with Gasteiger partial charge in [-0.15, -0.1) is 0 Å². The molecule has 1 aromatic heterocycles. The van der Waals surface area contributed by atoms with Gasteiger partial charge in [0.25, 0.3) is 5.91 Å². The van der Waals surface area contributed by atoms with Crippen molar-refractivity contribution in [1.82, 2.24) is 10.3 Å². The molecule has 0 aliphatic heterocycles. The maximum absolute atomic E-state index is 11.8. The lowest BCUT2D eigenvalue weighted by molar-refractivity contribution is 0.0938. The number of aromatic nitrogens is 1. The summed E-state index contributed by atoms with van der Waals surface area (Å²) in [5.74, 6) is -0.146. The van der Waals surface area contributed by atoms with Crippen LogP contribution >= 0.6 is 0 Å². The van der Waals surface area contributed by atoms with E-state index in [0.717, 1.165) is 5.69 Å². The molecule has 0 bridgehead atoms. The first kappa shape index (κ1) is 15.0. The third-order valence-electron chi connectivity index (χ3n) is 3.10. The minimum atomic E-state index is -0.146. The molecule has 1 unspecified atom stereocenters. The fourth-order valence-electron chi connectivity index (χ4n) is 2.02. The molecule has 2 aromatic rings. The molecule has 21 heavy (non-hydrogen) atoms. The Hall–Kier alpha value is -2.36. The van der Waals surface area contributed by atoms with Crippen molar-refractivity contribution >= 4 is 11.6 Å². The first-order valence-electron chi connectivity index (χ1n) is 7.14. The van der Waals surface area contributed by atoms with Gasteiger partial charge in [-0.1, -0.05) is 30.3 Å². The molecule has 0 saturated heterocycles. The highest BCUT2D eigenvalue weighted by Crippen LogP contribution is 2.18. The molecule has 1 atom stereocenters. The van der Waals surface area contributed by atoms with Crippen LogP contribution in [-0.2, 0) is 0 Å². The van der Waals surface area contributed by atoms with Crippen LogP contribution in [0.25, 0.3) is 0 Å². The molecule has 0 fully saturated rings. The van der Waals surface area contributed by atoms with Crippen LogP contribution in [0.15, 0.2) is 48.7 Å². The van der Waals surface area contributed by atoms with E-state index in [0.29, 0.717) is 5.69 Å². The molecular weight excluding hydrogens is 262 g/mol. The van der Waals surface area contributed by atoms with Gasteiger partial charge < -0.3 is 10.6 Å². The van der Waals surface area contributed by atoms with E-state index in [1.807, 2.05) is 38.1 Å². The Morgan fingerprint density at radius 3 is 2.33 bits per heavy atom. The van der Waals surface area contributed by atoms with Gasteiger partial charge in [-0.25, -0.2) is 4.98 Å². The van der Waals surface area contributed by atoms with E-state index in [9.17, 15) is 4.79 Å². The predicted molar refractivity (Wildman–Crippen MR) is 85.3 cm³/mol. The first-order chi connectivity index (χ1) is 10.1. The molecule has 0 spiro atoms.